The Kier molecular flexibility index (Phi) is 9.02. The first kappa shape index (κ1) is 23.5. The number of nitrogens with two attached hydrogens (primary N) is 1. The van der Waals surface area contributed by atoms with E-state index >= 15 is 0 Å². The minimum Gasteiger partial charge on any atom is -0.497 e. The van der Waals surface area contributed by atoms with E-state index in [9.17, 15) is 13.2 Å². The summed E-state index contributed by atoms with van der Waals surface area (Å²) in [7, 11) is 3.05. The van der Waals surface area contributed by atoms with Crippen LogP contribution in [0.5, 0.6) is 11.5 Å². The molecule has 28 heavy (non-hydrogen) atoms. The molecule has 1 aromatic carbocycles. The highest BCUT2D eigenvalue weighted by Gasteiger charge is 2.32. The predicted octanol–water partition coefficient (Wildman–Crippen LogP) is 2.97. The number of aliphatic imine (C=N–C) groups is 1. The molecule has 0 saturated heterocycles. The molecule has 0 spiro atoms. The van der Waals surface area contributed by atoms with Crippen molar-refractivity contribution in [2.75, 3.05) is 37.9 Å². The summed E-state index contributed by atoms with van der Waals surface area (Å²) in [5.41, 5.74) is 5.36. The van der Waals surface area contributed by atoms with Gasteiger partial charge in [0.25, 0.3) is 0 Å². The van der Waals surface area contributed by atoms with Gasteiger partial charge in [-0.3, -0.25) is 4.99 Å². The van der Waals surface area contributed by atoms with Crippen molar-refractivity contribution >= 4 is 41.6 Å². The fourth-order valence-corrected chi connectivity index (χ4v) is 2.04. The van der Waals surface area contributed by atoms with Crippen LogP contribution >= 0.6 is 24.0 Å². The minimum atomic E-state index is -4.53. The lowest BCUT2D eigenvalue weighted by molar-refractivity contribution is -0.141. The molecule has 0 unspecified atom stereocenters. The van der Waals surface area contributed by atoms with Crippen molar-refractivity contribution in [3.8, 4) is 11.5 Å². The Morgan fingerprint density at radius 2 is 1.96 bits per heavy atom. The summed E-state index contributed by atoms with van der Waals surface area (Å²) in [5, 5.41) is 5.54. The van der Waals surface area contributed by atoms with E-state index in [1.54, 1.807) is 18.2 Å². The molecular formula is C16H20F3IN6O2. The summed E-state index contributed by atoms with van der Waals surface area (Å²) in [6.07, 6.45) is -3.49. The molecule has 1 aromatic heterocycles. The minimum absolute atomic E-state index is 0. The van der Waals surface area contributed by atoms with E-state index < -0.39 is 11.9 Å². The van der Waals surface area contributed by atoms with Gasteiger partial charge < -0.3 is 25.8 Å². The lowest BCUT2D eigenvalue weighted by Gasteiger charge is -2.12. The topological polar surface area (TPSA) is 107 Å². The van der Waals surface area contributed by atoms with Gasteiger partial charge in [0.05, 0.1) is 26.5 Å². The maximum absolute atomic E-state index is 12.6. The number of halogens is 4. The lowest BCUT2D eigenvalue weighted by atomic mass is 10.2. The van der Waals surface area contributed by atoms with Crippen molar-refractivity contribution in [3.05, 3.63) is 36.2 Å². The number of nitrogens with zero attached hydrogens (tertiary/aromatic N) is 3. The monoisotopic (exact) mass is 512 g/mol. The third-order valence-electron chi connectivity index (χ3n) is 3.29. The quantitative estimate of drug-likeness (QED) is 0.227. The molecule has 0 bridgehead atoms. The summed E-state index contributed by atoms with van der Waals surface area (Å²) >= 11 is 0. The number of guanidine groups is 1. The Morgan fingerprint density at radius 1 is 1.21 bits per heavy atom. The van der Waals surface area contributed by atoms with Crippen LogP contribution in [0.25, 0.3) is 0 Å². The van der Waals surface area contributed by atoms with E-state index in [2.05, 4.69) is 25.6 Å². The number of hydrogen-bond acceptors (Lipinski definition) is 6. The first-order valence-corrected chi connectivity index (χ1v) is 7.76. The van der Waals surface area contributed by atoms with E-state index in [-0.39, 0.29) is 49.0 Å². The smallest absolute Gasteiger partial charge is 0.433 e. The van der Waals surface area contributed by atoms with E-state index in [4.69, 9.17) is 15.2 Å². The fourth-order valence-electron chi connectivity index (χ4n) is 2.04. The average Bonchev–Trinajstić information content (AvgIpc) is 2.64. The number of benzene rings is 1. The number of ether oxygens (including phenoxy) is 2. The summed E-state index contributed by atoms with van der Waals surface area (Å²) in [6.45, 7) is 0.379. The first-order chi connectivity index (χ1) is 12.8. The molecule has 0 atom stereocenters. The van der Waals surface area contributed by atoms with Crippen molar-refractivity contribution in [1.29, 1.82) is 0 Å². The first-order valence-electron chi connectivity index (χ1n) is 7.76. The maximum atomic E-state index is 12.6. The van der Waals surface area contributed by atoms with Gasteiger partial charge in [-0.05, 0) is 18.2 Å². The summed E-state index contributed by atoms with van der Waals surface area (Å²) < 4.78 is 48.2. The highest BCUT2D eigenvalue weighted by molar-refractivity contribution is 14.0. The van der Waals surface area contributed by atoms with E-state index in [0.29, 0.717) is 17.2 Å². The number of nitrogens with one attached hydrogen (secondary N) is 2. The zero-order valence-corrected chi connectivity index (χ0v) is 17.4. The molecule has 0 aliphatic carbocycles. The summed E-state index contributed by atoms with van der Waals surface area (Å²) in [6, 6.07) is 5.93. The Hall–Kier alpha value is -2.51. The molecule has 4 N–H and O–H groups in total. The zero-order chi connectivity index (χ0) is 19.9. The Balaban J connectivity index is 0.00000392. The predicted molar refractivity (Wildman–Crippen MR) is 111 cm³/mol. The largest absolute Gasteiger partial charge is 0.497 e. The molecule has 1 heterocycles. The number of aromatic nitrogens is 2. The molecule has 0 aliphatic heterocycles. The van der Waals surface area contributed by atoms with E-state index in [0.717, 1.165) is 12.3 Å². The molecule has 0 saturated carbocycles. The van der Waals surface area contributed by atoms with Crippen LogP contribution in [0.2, 0.25) is 0 Å². The molecule has 8 nitrogen and oxygen atoms in total. The second kappa shape index (κ2) is 10.7. The molecule has 12 heteroatoms. The van der Waals surface area contributed by atoms with E-state index in [1.165, 1.54) is 14.2 Å². The molecule has 0 radical (unpaired) electrons. The second-order valence-corrected chi connectivity index (χ2v) is 5.15. The number of rotatable bonds is 7. The van der Waals surface area contributed by atoms with Crippen LogP contribution < -0.4 is 25.8 Å². The van der Waals surface area contributed by atoms with Crippen molar-refractivity contribution < 1.29 is 22.6 Å². The van der Waals surface area contributed by atoms with E-state index in [1.807, 2.05) is 0 Å². The third kappa shape index (κ3) is 6.90. The average molecular weight is 512 g/mol. The van der Waals surface area contributed by atoms with Gasteiger partial charge in [-0.1, -0.05) is 0 Å². The van der Waals surface area contributed by atoms with Gasteiger partial charge in [0.1, 0.15) is 17.2 Å². The standard InChI is InChI=1S/C16H19F3N6O2.HI/c1-26-10-3-4-12(27-2)11(9-10)24-14(20)21-7-8-23-15-22-6-5-13(25-15)16(17,18)19;/h3-6,9H,7-8H2,1-2H3,(H3,20,21,24)(H,22,23,25);1H. The van der Waals surface area contributed by atoms with Gasteiger partial charge in [0.2, 0.25) is 5.95 Å². The van der Waals surface area contributed by atoms with Crippen LogP contribution in [-0.2, 0) is 6.18 Å². The molecule has 2 aromatic rings. The van der Waals surface area contributed by atoms with Crippen molar-refractivity contribution in [1.82, 2.24) is 9.97 Å². The van der Waals surface area contributed by atoms with Crippen molar-refractivity contribution in [2.24, 2.45) is 10.7 Å². The SMILES string of the molecule is COc1ccc(OC)c(NC(N)=NCCNc2nccc(C(F)(F)F)n2)c1.I. The summed E-state index contributed by atoms with van der Waals surface area (Å²) in [5.74, 6) is 1.12. The fraction of sp³-hybridized carbons (Fsp3) is 0.312. The lowest BCUT2D eigenvalue weighted by Crippen LogP contribution is -2.24. The number of methoxy groups -OCH3 is 2. The van der Waals surface area contributed by atoms with Crippen LogP contribution in [0.15, 0.2) is 35.5 Å². The molecule has 2 rings (SSSR count). The van der Waals surface area contributed by atoms with Gasteiger partial charge in [0, 0.05) is 18.8 Å². The molecule has 154 valence electrons. The van der Waals surface area contributed by atoms with Crippen LogP contribution in [0.1, 0.15) is 5.69 Å². The van der Waals surface area contributed by atoms with Crippen molar-refractivity contribution in [2.45, 2.75) is 6.18 Å². The van der Waals surface area contributed by atoms with Crippen LogP contribution in [-0.4, -0.2) is 43.2 Å². The number of anilines is 2. The normalized spacial score (nSPS) is 11.4. The van der Waals surface area contributed by atoms with Crippen LogP contribution in [0, 0.1) is 0 Å². The van der Waals surface area contributed by atoms with Gasteiger partial charge in [0.15, 0.2) is 5.96 Å². The molecule has 0 fully saturated rings. The Labute approximate surface area is 176 Å². The Morgan fingerprint density at radius 3 is 2.61 bits per heavy atom. The molecule has 0 amide bonds. The van der Waals surface area contributed by atoms with Gasteiger partial charge in [-0.2, -0.15) is 13.2 Å². The summed E-state index contributed by atoms with van der Waals surface area (Å²) in [4.78, 5) is 11.2. The highest BCUT2D eigenvalue weighted by Crippen LogP contribution is 2.29. The Bertz CT molecular complexity index is 804. The maximum Gasteiger partial charge on any atom is 0.433 e. The van der Waals surface area contributed by atoms with Crippen LogP contribution in [0.3, 0.4) is 0 Å². The van der Waals surface area contributed by atoms with Crippen LogP contribution in [0.4, 0.5) is 24.8 Å². The molecular weight excluding hydrogens is 492 g/mol. The van der Waals surface area contributed by atoms with Gasteiger partial charge >= 0.3 is 6.18 Å². The number of hydrogen-bond donors (Lipinski definition) is 3. The number of alkyl halides is 3. The highest BCUT2D eigenvalue weighted by atomic mass is 127. The zero-order valence-electron chi connectivity index (χ0n) is 15.1. The van der Waals surface area contributed by atoms with Gasteiger partial charge in [-0.15, -0.1) is 24.0 Å². The van der Waals surface area contributed by atoms with Crippen molar-refractivity contribution in [3.63, 3.8) is 0 Å². The third-order valence-corrected chi connectivity index (χ3v) is 3.29. The molecule has 0 aliphatic rings. The second-order valence-electron chi connectivity index (χ2n) is 5.15. The van der Waals surface area contributed by atoms with Gasteiger partial charge in [-0.25, -0.2) is 9.97 Å².